The van der Waals surface area contributed by atoms with Crippen LogP contribution in [0.15, 0.2) is 41.6 Å². The maximum atomic E-state index is 12.5. The van der Waals surface area contributed by atoms with Crippen molar-refractivity contribution in [3.8, 4) is 5.69 Å². The van der Waals surface area contributed by atoms with Gasteiger partial charge in [-0.1, -0.05) is 17.7 Å². The first-order chi connectivity index (χ1) is 9.96. The lowest BCUT2D eigenvalue weighted by atomic mass is 10.2. The van der Waals surface area contributed by atoms with Crippen LogP contribution < -0.4 is 5.73 Å². The predicted molar refractivity (Wildman–Crippen MR) is 79.7 cm³/mol. The maximum Gasteiger partial charge on any atom is 0.246 e. The number of hydrogen-bond acceptors (Lipinski definition) is 4. The number of aromatic nitrogens is 2. The van der Waals surface area contributed by atoms with Gasteiger partial charge in [0.25, 0.3) is 0 Å². The van der Waals surface area contributed by atoms with Crippen LogP contribution in [0.25, 0.3) is 5.69 Å². The number of nitrogens with two attached hydrogens (primary N) is 1. The quantitative estimate of drug-likeness (QED) is 0.913. The fraction of sp³-hybridized carbons (Fsp3) is 0.357. The van der Waals surface area contributed by atoms with E-state index in [1.807, 2.05) is 31.2 Å². The van der Waals surface area contributed by atoms with Gasteiger partial charge >= 0.3 is 0 Å². The van der Waals surface area contributed by atoms with E-state index in [0.717, 1.165) is 11.3 Å². The molecule has 0 bridgehead atoms. The smallest absolute Gasteiger partial charge is 0.246 e. The highest BCUT2D eigenvalue weighted by atomic mass is 32.2. The second kappa shape index (κ2) is 5.25. The first-order valence-corrected chi connectivity index (χ1v) is 8.28. The summed E-state index contributed by atoms with van der Waals surface area (Å²) in [6.07, 6.45) is 3.63. The van der Waals surface area contributed by atoms with Gasteiger partial charge in [-0.25, -0.2) is 13.1 Å². The molecular formula is C14H18N4O2S. The Hall–Kier alpha value is -1.70. The minimum atomic E-state index is -3.50. The molecule has 1 unspecified atom stereocenters. The summed E-state index contributed by atoms with van der Waals surface area (Å²) in [6.45, 7) is 2.84. The molecule has 1 aliphatic heterocycles. The molecule has 7 heteroatoms. The zero-order valence-electron chi connectivity index (χ0n) is 11.8. The Balaban J connectivity index is 1.89. The van der Waals surface area contributed by atoms with Crippen LogP contribution in [0, 0.1) is 6.92 Å². The van der Waals surface area contributed by atoms with Crippen LogP contribution >= 0.6 is 0 Å². The van der Waals surface area contributed by atoms with Gasteiger partial charge in [0.05, 0.1) is 18.1 Å². The highest BCUT2D eigenvalue weighted by molar-refractivity contribution is 7.89. The Morgan fingerprint density at radius 3 is 2.62 bits per heavy atom. The Kier molecular flexibility index (Phi) is 3.56. The molecule has 1 aromatic carbocycles. The van der Waals surface area contributed by atoms with Gasteiger partial charge in [-0.3, -0.25) is 0 Å². The summed E-state index contributed by atoms with van der Waals surface area (Å²) in [7, 11) is -3.50. The lowest BCUT2D eigenvalue weighted by Gasteiger charge is -2.14. The fourth-order valence-corrected chi connectivity index (χ4v) is 3.84. The third-order valence-corrected chi connectivity index (χ3v) is 5.50. The first-order valence-electron chi connectivity index (χ1n) is 6.84. The van der Waals surface area contributed by atoms with Crippen molar-refractivity contribution >= 4 is 10.0 Å². The molecule has 0 amide bonds. The Morgan fingerprint density at radius 2 is 2.00 bits per heavy atom. The number of aryl methyl sites for hydroxylation is 1. The molecule has 0 aliphatic carbocycles. The van der Waals surface area contributed by atoms with Gasteiger partial charge < -0.3 is 5.73 Å². The molecule has 3 rings (SSSR count). The Bertz CT molecular complexity index is 737. The van der Waals surface area contributed by atoms with Gasteiger partial charge in [-0.05, 0) is 25.5 Å². The summed E-state index contributed by atoms with van der Waals surface area (Å²) in [6, 6.07) is 7.66. The van der Waals surface area contributed by atoms with Crippen molar-refractivity contribution in [2.24, 2.45) is 5.73 Å². The average molecular weight is 306 g/mol. The lowest BCUT2D eigenvalue weighted by Crippen LogP contribution is -2.31. The Labute approximate surface area is 124 Å². The normalized spacial score (nSPS) is 20.0. The van der Waals surface area contributed by atoms with Crippen LogP contribution in [0.4, 0.5) is 0 Å². The molecule has 1 atom stereocenters. The van der Waals surface area contributed by atoms with Gasteiger partial charge in [0.15, 0.2) is 0 Å². The number of benzene rings is 1. The molecule has 1 saturated heterocycles. The van der Waals surface area contributed by atoms with Crippen LogP contribution in [0.3, 0.4) is 0 Å². The third kappa shape index (κ3) is 2.72. The number of rotatable bonds is 3. The highest BCUT2D eigenvalue weighted by Crippen LogP contribution is 2.21. The molecule has 0 radical (unpaired) electrons. The molecule has 1 aliphatic rings. The van der Waals surface area contributed by atoms with Crippen LogP contribution in [0.1, 0.15) is 12.0 Å². The van der Waals surface area contributed by atoms with Crippen molar-refractivity contribution in [1.29, 1.82) is 0 Å². The van der Waals surface area contributed by atoms with Crippen molar-refractivity contribution in [2.45, 2.75) is 24.3 Å². The molecule has 1 aromatic heterocycles. The molecule has 112 valence electrons. The predicted octanol–water partition coefficient (Wildman–Crippen LogP) is 0.902. The van der Waals surface area contributed by atoms with E-state index in [9.17, 15) is 8.42 Å². The number of hydrogen-bond donors (Lipinski definition) is 1. The summed E-state index contributed by atoms with van der Waals surface area (Å²) >= 11 is 0. The second-order valence-electron chi connectivity index (χ2n) is 5.37. The molecular weight excluding hydrogens is 288 g/mol. The van der Waals surface area contributed by atoms with Gasteiger partial charge in [-0.15, -0.1) is 0 Å². The van der Waals surface area contributed by atoms with Crippen LogP contribution in [0.5, 0.6) is 0 Å². The van der Waals surface area contributed by atoms with Gasteiger partial charge in [0.2, 0.25) is 10.0 Å². The van der Waals surface area contributed by atoms with E-state index in [4.69, 9.17) is 5.73 Å². The monoisotopic (exact) mass is 306 g/mol. The SMILES string of the molecule is Cc1ccc(-n2cc(S(=O)(=O)N3CCC(N)C3)cn2)cc1. The average Bonchev–Trinajstić information content (AvgIpc) is 3.09. The van der Waals surface area contributed by atoms with Gasteiger partial charge in [-0.2, -0.15) is 9.40 Å². The van der Waals surface area contributed by atoms with E-state index in [-0.39, 0.29) is 10.9 Å². The van der Waals surface area contributed by atoms with Crippen molar-refractivity contribution in [3.05, 3.63) is 42.2 Å². The van der Waals surface area contributed by atoms with Crippen molar-refractivity contribution in [2.75, 3.05) is 13.1 Å². The van der Waals surface area contributed by atoms with E-state index < -0.39 is 10.0 Å². The van der Waals surface area contributed by atoms with E-state index in [0.29, 0.717) is 19.5 Å². The Morgan fingerprint density at radius 1 is 1.29 bits per heavy atom. The minimum absolute atomic E-state index is 0.0769. The van der Waals surface area contributed by atoms with Gasteiger partial charge in [0, 0.05) is 19.1 Å². The zero-order valence-corrected chi connectivity index (χ0v) is 12.6. The molecule has 0 spiro atoms. The van der Waals surface area contributed by atoms with Crippen LogP contribution in [-0.2, 0) is 10.0 Å². The molecule has 0 saturated carbocycles. The third-order valence-electron chi connectivity index (χ3n) is 3.68. The zero-order chi connectivity index (χ0) is 15.0. The summed E-state index contributed by atoms with van der Waals surface area (Å²) in [5, 5.41) is 4.15. The summed E-state index contributed by atoms with van der Waals surface area (Å²) in [5.41, 5.74) is 7.76. The number of nitrogens with zero attached hydrogens (tertiary/aromatic N) is 3. The maximum absolute atomic E-state index is 12.5. The highest BCUT2D eigenvalue weighted by Gasteiger charge is 2.31. The van der Waals surface area contributed by atoms with E-state index >= 15 is 0 Å². The van der Waals surface area contributed by atoms with E-state index in [1.54, 1.807) is 10.9 Å². The molecule has 1 fully saturated rings. The molecule has 6 nitrogen and oxygen atoms in total. The number of sulfonamides is 1. The van der Waals surface area contributed by atoms with E-state index in [2.05, 4.69) is 5.10 Å². The molecule has 2 aromatic rings. The standard InChI is InChI=1S/C14H18N4O2S/c1-11-2-4-13(5-3-11)18-10-14(8-16-18)21(19,20)17-7-6-12(15)9-17/h2-5,8,10,12H,6-7,9,15H2,1H3. The fourth-order valence-electron chi connectivity index (χ4n) is 2.40. The lowest BCUT2D eigenvalue weighted by molar-refractivity contribution is 0.472. The van der Waals surface area contributed by atoms with Crippen molar-refractivity contribution in [1.82, 2.24) is 14.1 Å². The topological polar surface area (TPSA) is 81.2 Å². The van der Waals surface area contributed by atoms with Gasteiger partial charge in [0.1, 0.15) is 4.90 Å². The minimum Gasteiger partial charge on any atom is -0.326 e. The van der Waals surface area contributed by atoms with Crippen molar-refractivity contribution < 1.29 is 8.42 Å². The van der Waals surface area contributed by atoms with Crippen LogP contribution in [-0.4, -0.2) is 41.6 Å². The van der Waals surface area contributed by atoms with Crippen molar-refractivity contribution in [3.63, 3.8) is 0 Å². The molecule has 2 N–H and O–H groups in total. The largest absolute Gasteiger partial charge is 0.326 e. The summed E-state index contributed by atoms with van der Waals surface area (Å²) in [5.74, 6) is 0. The summed E-state index contributed by atoms with van der Waals surface area (Å²) < 4.78 is 28.0. The summed E-state index contributed by atoms with van der Waals surface area (Å²) in [4.78, 5) is 0.206. The van der Waals surface area contributed by atoms with E-state index in [1.165, 1.54) is 10.5 Å². The molecule has 2 heterocycles. The van der Waals surface area contributed by atoms with Crippen LogP contribution in [0.2, 0.25) is 0 Å². The second-order valence-corrected chi connectivity index (χ2v) is 7.31. The first kappa shape index (κ1) is 14.2. The molecule has 21 heavy (non-hydrogen) atoms.